The van der Waals surface area contributed by atoms with Crippen LogP contribution >= 0.6 is 0 Å². The number of hydrogen-bond donors (Lipinski definition) is 0. The quantitative estimate of drug-likeness (QED) is 0.846. The Hall–Kier alpha value is -2.98. The zero-order valence-corrected chi connectivity index (χ0v) is 12.5. The summed E-state index contributed by atoms with van der Waals surface area (Å²) in [6.45, 7) is 0. The Bertz CT molecular complexity index is 724. The molecule has 0 spiro atoms. The molecule has 0 aromatic heterocycles. The zero-order valence-electron chi connectivity index (χ0n) is 12.5. The van der Waals surface area contributed by atoms with Gasteiger partial charge in [-0.1, -0.05) is 18.2 Å². The van der Waals surface area contributed by atoms with E-state index < -0.39 is 0 Å². The molecule has 0 aliphatic heterocycles. The summed E-state index contributed by atoms with van der Waals surface area (Å²) in [6, 6.07) is 17.1. The number of rotatable bonds is 5. The third kappa shape index (κ3) is 3.37. The van der Waals surface area contributed by atoms with Gasteiger partial charge >= 0.3 is 0 Å². The Morgan fingerprint density at radius 1 is 0.955 bits per heavy atom. The molecule has 0 amide bonds. The van der Waals surface area contributed by atoms with Crippen LogP contribution in [0.3, 0.4) is 0 Å². The summed E-state index contributed by atoms with van der Waals surface area (Å²) in [5.41, 5.74) is 2.48. The van der Waals surface area contributed by atoms with E-state index in [1.165, 1.54) is 0 Å². The van der Waals surface area contributed by atoms with Gasteiger partial charge in [0.1, 0.15) is 0 Å². The van der Waals surface area contributed by atoms with Crippen molar-refractivity contribution in [1.82, 2.24) is 0 Å². The molecule has 0 aliphatic carbocycles. The summed E-state index contributed by atoms with van der Waals surface area (Å²) in [6.07, 6.45) is 0.572. The monoisotopic (exact) mass is 292 g/mol. The fourth-order valence-corrected chi connectivity index (χ4v) is 2.27. The van der Waals surface area contributed by atoms with E-state index in [0.717, 1.165) is 11.1 Å². The smallest absolute Gasteiger partial charge is 0.160 e. The molecule has 0 bridgehead atoms. The Labute approximate surface area is 130 Å². The third-order valence-corrected chi connectivity index (χ3v) is 3.49. The number of benzene rings is 2. The molecule has 1 unspecified atom stereocenters. The van der Waals surface area contributed by atoms with E-state index in [4.69, 9.17) is 14.7 Å². The Balaban J connectivity index is 2.23. The molecule has 4 heteroatoms. The summed E-state index contributed by atoms with van der Waals surface area (Å²) in [5, 5.41) is 18.2. The molecular formula is C18H16N2O2. The predicted octanol–water partition coefficient (Wildman–Crippen LogP) is 3.43. The van der Waals surface area contributed by atoms with Crippen molar-refractivity contribution in [2.45, 2.75) is 12.3 Å². The Kier molecular flexibility index (Phi) is 5.01. The minimum absolute atomic E-state index is 0.272. The van der Waals surface area contributed by atoms with Crippen LogP contribution in [0.5, 0.6) is 11.5 Å². The summed E-state index contributed by atoms with van der Waals surface area (Å²) < 4.78 is 10.5. The number of methoxy groups -OCH3 is 2. The zero-order chi connectivity index (χ0) is 15.9. The minimum atomic E-state index is -0.272. The lowest BCUT2D eigenvalue weighted by molar-refractivity contribution is 0.354. The molecule has 22 heavy (non-hydrogen) atoms. The molecule has 0 saturated heterocycles. The van der Waals surface area contributed by atoms with Gasteiger partial charge in [0.05, 0.1) is 37.8 Å². The van der Waals surface area contributed by atoms with Crippen molar-refractivity contribution in [2.24, 2.45) is 0 Å². The first kappa shape index (κ1) is 15.4. The van der Waals surface area contributed by atoms with Crippen LogP contribution < -0.4 is 9.47 Å². The maximum atomic E-state index is 9.42. The van der Waals surface area contributed by atoms with E-state index in [0.29, 0.717) is 23.5 Å². The lowest BCUT2D eigenvalue weighted by Crippen LogP contribution is -2.01. The largest absolute Gasteiger partial charge is 0.493 e. The van der Waals surface area contributed by atoms with Crippen molar-refractivity contribution in [1.29, 1.82) is 10.5 Å². The molecule has 1 atom stereocenters. The average molecular weight is 292 g/mol. The minimum Gasteiger partial charge on any atom is -0.493 e. The maximum absolute atomic E-state index is 9.42. The highest BCUT2D eigenvalue weighted by atomic mass is 16.5. The molecule has 2 rings (SSSR count). The van der Waals surface area contributed by atoms with Gasteiger partial charge in [0.2, 0.25) is 0 Å². The highest BCUT2D eigenvalue weighted by molar-refractivity contribution is 5.44. The van der Waals surface area contributed by atoms with Crippen molar-refractivity contribution < 1.29 is 9.47 Å². The van der Waals surface area contributed by atoms with Gasteiger partial charge in [-0.25, -0.2) is 0 Å². The van der Waals surface area contributed by atoms with E-state index in [-0.39, 0.29) is 5.92 Å². The summed E-state index contributed by atoms with van der Waals surface area (Å²) in [5.74, 6) is 1.04. The summed E-state index contributed by atoms with van der Waals surface area (Å²) >= 11 is 0. The van der Waals surface area contributed by atoms with Crippen molar-refractivity contribution in [2.75, 3.05) is 14.2 Å². The summed E-state index contributed by atoms with van der Waals surface area (Å²) in [4.78, 5) is 0. The van der Waals surface area contributed by atoms with E-state index in [1.54, 1.807) is 26.4 Å². The van der Waals surface area contributed by atoms with Crippen molar-refractivity contribution >= 4 is 0 Å². The second-order valence-electron chi connectivity index (χ2n) is 4.81. The van der Waals surface area contributed by atoms with Crippen LogP contribution in [0.4, 0.5) is 0 Å². The van der Waals surface area contributed by atoms with Gasteiger partial charge < -0.3 is 9.47 Å². The standard InChI is InChI=1S/C18H16N2O2/c1-21-17-8-5-14(10-18(17)22-2)9-16(12-20)15-6-3-13(11-19)4-7-15/h3-8,10,16H,9H2,1-2H3. The fourth-order valence-electron chi connectivity index (χ4n) is 2.27. The normalized spacial score (nSPS) is 11.1. The molecular weight excluding hydrogens is 276 g/mol. The van der Waals surface area contributed by atoms with Gasteiger partial charge in [-0.15, -0.1) is 0 Å². The lowest BCUT2D eigenvalue weighted by atomic mass is 9.92. The fraction of sp³-hybridized carbons (Fsp3) is 0.222. The summed E-state index contributed by atoms with van der Waals surface area (Å²) in [7, 11) is 3.18. The molecule has 2 aromatic carbocycles. The van der Waals surface area contributed by atoms with Crippen LogP contribution in [0.2, 0.25) is 0 Å². The van der Waals surface area contributed by atoms with E-state index >= 15 is 0 Å². The van der Waals surface area contributed by atoms with Gasteiger partial charge in [0, 0.05) is 0 Å². The van der Waals surface area contributed by atoms with E-state index in [2.05, 4.69) is 12.1 Å². The Morgan fingerprint density at radius 2 is 1.64 bits per heavy atom. The van der Waals surface area contributed by atoms with Crippen molar-refractivity contribution in [3.63, 3.8) is 0 Å². The van der Waals surface area contributed by atoms with Gasteiger partial charge in [-0.3, -0.25) is 0 Å². The van der Waals surface area contributed by atoms with Crippen LogP contribution in [-0.4, -0.2) is 14.2 Å². The molecule has 110 valence electrons. The highest BCUT2D eigenvalue weighted by Gasteiger charge is 2.13. The van der Waals surface area contributed by atoms with E-state index in [1.807, 2.05) is 30.3 Å². The first-order valence-electron chi connectivity index (χ1n) is 6.82. The highest BCUT2D eigenvalue weighted by Crippen LogP contribution is 2.30. The van der Waals surface area contributed by atoms with Crippen molar-refractivity contribution in [3.05, 3.63) is 59.2 Å². The van der Waals surface area contributed by atoms with Crippen LogP contribution in [-0.2, 0) is 6.42 Å². The van der Waals surface area contributed by atoms with Gasteiger partial charge in [0.15, 0.2) is 11.5 Å². The van der Waals surface area contributed by atoms with Gasteiger partial charge in [0.25, 0.3) is 0 Å². The SMILES string of the molecule is COc1ccc(CC(C#N)c2ccc(C#N)cc2)cc1OC. The molecule has 0 N–H and O–H groups in total. The maximum Gasteiger partial charge on any atom is 0.160 e. The number of hydrogen-bond acceptors (Lipinski definition) is 4. The molecule has 0 radical (unpaired) electrons. The number of nitrogens with zero attached hydrogens (tertiary/aromatic N) is 2. The predicted molar refractivity (Wildman–Crippen MR) is 82.8 cm³/mol. The first-order valence-corrected chi connectivity index (χ1v) is 6.82. The van der Waals surface area contributed by atoms with Crippen LogP contribution in [0, 0.1) is 22.7 Å². The average Bonchev–Trinajstić information content (AvgIpc) is 2.59. The van der Waals surface area contributed by atoms with Crippen LogP contribution in [0.1, 0.15) is 22.6 Å². The third-order valence-electron chi connectivity index (χ3n) is 3.49. The number of ether oxygens (including phenoxy) is 2. The van der Waals surface area contributed by atoms with Gasteiger partial charge in [-0.2, -0.15) is 10.5 Å². The second kappa shape index (κ2) is 7.15. The molecule has 0 fully saturated rings. The van der Waals surface area contributed by atoms with Crippen LogP contribution in [0.25, 0.3) is 0 Å². The van der Waals surface area contributed by atoms with Crippen LogP contribution in [0.15, 0.2) is 42.5 Å². The van der Waals surface area contributed by atoms with Gasteiger partial charge in [-0.05, 0) is 41.8 Å². The van der Waals surface area contributed by atoms with Crippen molar-refractivity contribution in [3.8, 4) is 23.6 Å². The topological polar surface area (TPSA) is 66.0 Å². The molecule has 4 nitrogen and oxygen atoms in total. The second-order valence-corrected chi connectivity index (χ2v) is 4.81. The molecule has 0 aliphatic rings. The van der Waals surface area contributed by atoms with E-state index in [9.17, 15) is 5.26 Å². The molecule has 0 heterocycles. The Morgan fingerprint density at radius 3 is 2.18 bits per heavy atom. The molecule has 0 saturated carbocycles. The molecule has 2 aromatic rings. The lowest BCUT2D eigenvalue weighted by Gasteiger charge is -2.12. The number of nitriles is 2. The first-order chi connectivity index (χ1) is 10.7.